The Labute approximate surface area is 164 Å². The molecule has 0 spiro atoms. The van der Waals surface area contributed by atoms with E-state index in [-0.39, 0.29) is 18.3 Å². The van der Waals surface area contributed by atoms with Crippen LogP contribution in [0.15, 0.2) is 53.5 Å². The molecule has 150 valence electrons. The molecule has 1 amide bonds. The van der Waals surface area contributed by atoms with Crippen molar-refractivity contribution in [1.29, 1.82) is 0 Å². The van der Waals surface area contributed by atoms with Crippen molar-refractivity contribution in [3.05, 3.63) is 54.3 Å². The SMILES string of the molecule is CN=C(NCC(=O)Nc1ccc(F)cc1)Nc1cccc(OCCCOC)c1. The molecule has 0 bridgehead atoms. The van der Waals surface area contributed by atoms with Crippen LogP contribution in [-0.2, 0) is 9.53 Å². The van der Waals surface area contributed by atoms with Gasteiger partial charge in [0.2, 0.25) is 5.91 Å². The summed E-state index contributed by atoms with van der Waals surface area (Å²) < 4.78 is 23.6. The lowest BCUT2D eigenvalue weighted by molar-refractivity contribution is -0.115. The second-order valence-electron chi connectivity index (χ2n) is 5.83. The third-order valence-electron chi connectivity index (χ3n) is 3.63. The van der Waals surface area contributed by atoms with Gasteiger partial charge < -0.3 is 25.4 Å². The Morgan fingerprint density at radius 3 is 2.57 bits per heavy atom. The highest BCUT2D eigenvalue weighted by molar-refractivity contribution is 5.98. The van der Waals surface area contributed by atoms with Gasteiger partial charge >= 0.3 is 0 Å². The number of guanidine groups is 1. The minimum atomic E-state index is -0.356. The molecule has 2 aromatic rings. The Kier molecular flexibility index (Phi) is 8.74. The van der Waals surface area contributed by atoms with Crippen LogP contribution in [0.2, 0.25) is 0 Å². The summed E-state index contributed by atoms with van der Waals surface area (Å²) in [7, 11) is 3.27. The average molecular weight is 388 g/mol. The molecule has 0 aromatic heterocycles. The first-order valence-corrected chi connectivity index (χ1v) is 8.85. The summed E-state index contributed by atoms with van der Waals surface area (Å²) in [5, 5.41) is 8.70. The van der Waals surface area contributed by atoms with Crippen LogP contribution in [0.4, 0.5) is 15.8 Å². The number of hydrogen-bond acceptors (Lipinski definition) is 4. The van der Waals surface area contributed by atoms with Crippen LogP contribution in [0, 0.1) is 5.82 Å². The molecule has 2 aromatic carbocycles. The lowest BCUT2D eigenvalue weighted by Crippen LogP contribution is -2.37. The van der Waals surface area contributed by atoms with Gasteiger partial charge in [-0.1, -0.05) is 6.07 Å². The maximum atomic E-state index is 12.9. The molecule has 7 nitrogen and oxygen atoms in total. The zero-order valence-electron chi connectivity index (χ0n) is 16.0. The molecule has 0 atom stereocenters. The predicted molar refractivity (Wildman–Crippen MR) is 108 cm³/mol. The number of hydrogen-bond donors (Lipinski definition) is 3. The average Bonchev–Trinajstić information content (AvgIpc) is 2.70. The summed E-state index contributed by atoms with van der Waals surface area (Å²) in [5.74, 6) is 0.534. The number of anilines is 2. The first kappa shape index (κ1) is 21.2. The number of methoxy groups -OCH3 is 1. The van der Waals surface area contributed by atoms with E-state index in [4.69, 9.17) is 9.47 Å². The maximum Gasteiger partial charge on any atom is 0.243 e. The minimum absolute atomic E-state index is 0.00422. The van der Waals surface area contributed by atoms with E-state index in [1.165, 1.54) is 24.3 Å². The van der Waals surface area contributed by atoms with E-state index in [0.717, 1.165) is 17.9 Å². The van der Waals surface area contributed by atoms with E-state index < -0.39 is 0 Å². The fraction of sp³-hybridized carbons (Fsp3) is 0.300. The predicted octanol–water partition coefficient (Wildman–Crippen LogP) is 2.87. The van der Waals surface area contributed by atoms with Crippen LogP contribution in [0.1, 0.15) is 6.42 Å². The molecule has 0 radical (unpaired) electrons. The summed E-state index contributed by atoms with van der Waals surface area (Å²) in [6, 6.07) is 13.0. The van der Waals surface area contributed by atoms with Crippen LogP contribution in [0.5, 0.6) is 5.75 Å². The smallest absolute Gasteiger partial charge is 0.243 e. The van der Waals surface area contributed by atoms with E-state index in [0.29, 0.717) is 24.9 Å². The highest BCUT2D eigenvalue weighted by Crippen LogP contribution is 2.17. The summed E-state index contributed by atoms with van der Waals surface area (Å²) in [4.78, 5) is 16.1. The summed E-state index contributed by atoms with van der Waals surface area (Å²) >= 11 is 0. The number of aliphatic imine (C=N–C) groups is 1. The third-order valence-corrected chi connectivity index (χ3v) is 3.63. The molecule has 0 unspecified atom stereocenters. The Bertz CT molecular complexity index is 781. The van der Waals surface area contributed by atoms with Gasteiger partial charge in [0.1, 0.15) is 11.6 Å². The number of benzene rings is 2. The standard InChI is InChI=1S/C20H25FN4O3/c1-22-20(23-14-19(26)24-16-9-7-15(21)8-10-16)25-17-5-3-6-18(13-17)28-12-4-11-27-2/h3,5-10,13H,4,11-12,14H2,1-2H3,(H,24,26)(H2,22,23,25). The van der Waals surface area contributed by atoms with Crippen LogP contribution < -0.4 is 20.7 Å². The molecule has 0 saturated carbocycles. The number of carbonyl (C=O) groups is 1. The van der Waals surface area contributed by atoms with E-state index in [9.17, 15) is 9.18 Å². The molecular formula is C20H25FN4O3. The van der Waals surface area contributed by atoms with Gasteiger partial charge in [-0.15, -0.1) is 0 Å². The van der Waals surface area contributed by atoms with E-state index in [2.05, 4.69) is 20.9 Å². The van der Waals surface area contributed by atoms with E-state index >= 15 is 0 Å². The zero-order chi connectivity index (χ0) is 20.2. The molecule has 8 heteroatoms. The highest BCUT2D eigenvalue weighted by Gasteiger charge is 2.06. The summed E-state index contributed by atoms with van der Waals surface area (Å²) in [5.41, 5.74) is 1.30. The number of rotatable bonds is 9. The van der Waals surface area contributed by atoms with Gasteiger partial charge in [-0.2, -0.15) is 0 Å². The number of carbonyl (C=O) groups excluding carboxylic acids is 1. The zero-order valence-corrected chi connectivity index (χ0v) is 16.0. The van der Waals surface area contributed by atoms with Crippen molar-refractivity contribution in [2.75, 3.05) is 44.5 Å². The van der Waals surface area contributed by atoms with Gasteiger partial charge in [0.25, 0.3) is 0 Å². The molecule has 0 heterocycles. The van der Waals surface area contributed by atoms with Crippen LogP contribution in [0.3, 0.4) is 0 Å². The third kappa shape index (κ3) is 7.63. The normalized spacial score (nSPS) is 11.0. The fourth-order valence-electron chi connectivity index (χ4n) is 2.28. The first-order valence-electron chi connectivity index (χ1n) is 8.85. The molecule has 28 heavy (non-hydrogen) atoms. The molecule has 2 rings (SSSR count). The molecule has 0 aliphatic carbocycles. The van der Waals surface area contributed by atoms with Gasteiger partial charge in [-0.3, -0.25) is 9.79 Å². The molecule has 0 aliphatic heterocycles. The Morgan fingerprint density at radius 1 is 1.07 bits per heavy atom. The lowest BCUT2D eigenvalue weighted by atomic mass is 10.3. The number of nitrogens with zero attached hydrogens (tertiary/aromatic N) is 1. The number of nitrogens with one attached hydrogen (secondary N) is 3. The van der Waals surface area contributed by atoms with E-state index in [1.807, 2.05) is 24.3 Å². The fourth-order valence-corrected chi connectivity index (χ4v) is 2.28. The molecule has 0 fully saturated rings. The minimum Gasteiger partial charge on any atom is -0.493 e. The second kappa shape index (κ2) is 11.6. The van der Waals surface area contributed by atoms with Crippen LogP contribution in [0.25, 0.3) is 0 Å². The van der Waals surface area contributed by atoms with Gasteiger partial charge in [-0.05, 0) is 36.4 Å². The van der Waals surface area contributed by atoms with Crippen molar-refractivity contribution in [3.63, 3.8) is 0 Å². The highest BCUT2D eigenvalue weighted by atomic mass is 19.1. The van der Waals surface area contributed by atoms with Gasteiger partial charge in [0.15, 0.2) is 5.96 Å². The van der Waals surface area contributed by atoms with Crippen molar-refractivity contribution < 1.29 is 18.7 Å². The van der Waals surface area contributed by atoms with Crippen molar-refractivity contribution in [3.8, 4) is 5.75 Å². The Morgan fingerprint density at radius 2 is 1.86 bits per heavy atom. The van der Waals surface area contributed by atoms with Gasteiger partial charge in [0.05, 0.1) is 13.2 Å². The molecule has 0 saturated heterocycles. The number of amides is 1. The molecular weight excluding hydrogens is 363 g/mol. The Hall–Kier alpha value is -3.13. The van der Waals surface area contributed by atoms with Crippen molar-refractivity contribution in [2.45, 2.75) is 6.42 Å². The monoisotopic (exact) mass is 388 g/mol. The molecule has 0 aliphatic rings. The number of halogens is 1. The second-order valence-corrected chi connectivity index (χ2v) is 5.83. The largest absolute Gasteiger partial charge is 0.493 e. The van der Waals surface area contributed by atoms with Crippen molar-refractivity contribution in [1.82, 2.24) is 5.32 Å². The van der Waals surface area contributed by atoms with Crippen molar-refractivity contribution >= 4 is 23.2 Å². The quantitative estimate of drug-likeness (QED) is 0.350. The topological polar surface area (TPSA) is 84.0 Å². The lowest BCUT2D eigenvalue weighted by Gasteiger charge is -2.13. The van der Waals surface area contributed by atoms with Crippen molar-refractivity contribution in [2.24, 2.45) is 4.99 Å². The molecule has 3 N–H and O–H groups in total. The summed E-state index contributed by atoms with van der Waals surface area (Å²) in [6.45, 7) is 1.21. The van der Waals surface area contributed by atoms with Crippen LogP contribution in [-0.4, -0.2) is 45.8 Å². The van der Waals surface area contributed by atoms with Gasteiger partial charge in [0, 0.05) is 44.6 Å². The maximum absolute atomic E-state index is 12.9. The summed E-state index contributed by atoms with van der Waals surface area (Å²) in [6.07, 6.45) is 0.806. The first-order chi connectivity index (χ1) is 13.6. The Balaban J connectivity index is 1.81. The van der Waals surface area contributed by atoms with Gasteiger partial charge in [-0.25, -0.2) is 4.39 Å². The van der Waals surface area contributed by atoms with Crippen LogP contribution >= 0.6 is 0 Å². The van der Waals surface area contributed by atoms with E-state index in [1.54, 1.807) is 14.2 Å². The number of ether oxygens (including phenoxy) is 2.